The van der Waals surface area contributed by atoms with Gasteiger partial charge in [-0.05, 0) is 26.3 Å². The second kappa shape index (κ2) is 6.07. The van der Waals surface area contributed by atoms with Crippen LogP contribution in [-0.2, 0) is 14.8 Å². The van der Waals surface area contributed by atoms with E-state index in [2.05, 4.69) is 14.7 Å². The normalized spacial score (nSPS) is 19.0. The highest BCUT2D eigenvalue weighted by Gasteiger charge is 2.29. The Morgan fingerprint density at radius 1 is 1.38 bits per heavy atom. The zero-order chi connectivity index (χ0) is 15.6. The van der Waals surface area contributed by atoms with Gasteiger partial charge in [-0.3, -0.25) is 4.79 Å². The van der Waals surface area contributed by atoms with E-state index >= 15 is 0 Å². The first-order valence-corrected chi connectivity index (χ1v) is 8.68. The predicted molar refractivity (Wildman–Crippen MR) is 78.3 cm³/mol. The minimum atomic E-state index is -3.35. The molecule has 1 aliphatic rings. The molecule has 7 nitrogen and oxygen atoms in total. The van der Waals surface area contributed by atoms with Crippen LogP contribution in [-0.4, -0.2) is 55.1 Å². The van der Waals surface area contributed by atoms with E-state index in [4.69, 9.17) is 0 Å². The van der Waals surface area contributed by atoms with Crippen LogP contribution in [0.4, 0.5) is 0 Å². The lowest BCUT2D eigenvalue weighted by atomic mass is 10.1. The maximum atomic E-state index is 12.0. The quantitative estimate of drug-likeness (QED) is 0.842. The molecular weight excluding hydrogens is 292 g/mol. The van der Waals surface area contributed by atoms with Crippen molar-refractivity contribution in [2.24, 2.45) is 0 Å². The number of amides is 1. The third kappa shape index (κ3) is 4.47. The first kappa shape index (κ1) is 15.8. The van der Waals surface area contributed by atoms with Crippen LogP contribution < -0.4 is 4.72 Å². The minimum Gasteiger partial charge on any atom is -0.341 e. The van der Waals surface area contributed by atoms with Crippen LogP contribution in [0.2, 0.25) is 0 Å². The van der Waals surface area contributed by atoms with E-state index in [9.17, 15) is 13.2 Å². The van der Waals surface area contributed by atoms with Crippen molar-refractivity contribution in [2.45, 2.75) is 26.2 Å². The largest absolute Gasteiger partial charge is 0.341 e. The summed E-state index contributed by atoms with van der Waals surface area (Å²) in [5.41, 5.74) is 1.84. The van der Waals surface area contributed by atoms with Gasteiger partial charge in [0.2, 0.25) is 15.9 Å². The molecule has 0 saturated carbocycles. The molecule has 21 heavy (non-hydrogen) atoms. The molecule has 0 aromatic carbocycles. The van der Waals surface area contributed by atoms with E-state index in [1.807, 2.05) is 19.9 Å². The molecule has 1 aromatic rings. The maximum Gasteiger partial charge on any atom is 0.237 e. The van der Waals surface area contributed by atoms with E-state index in [0.29, 0.717) is 13.1 Å². The molecule has 1 amide bonds. The van der Waals surface area contributed by atoms with Crippen molar-refractivity contribution in [2.75, 3.05) is 25.9 Å². The minimum absolute atomic E-state index is 0.116. The van der Waals surface area contributed by atoms with Crippen LogP contribution in [0.15, 0.2) is 6.07 Å². The number of hydrogen-bond donors (Lipinski definition) is 1. The molecule has 0 radical (unpaired) electrons. The Hall–Kier alpha value is -1.54. The number of hydrogen-bond acceptors (Lipinski definition) is 5. The third-order valence-electron chi connectivity index (χ3n) is 3.39. The molecule has 1 saturated heterocycles. The van der Waals surface area contributed by atoms with Gasteiger partial charge in [-0.2, -0.15) is 0 Å². The van der Waals surface area contributed by atoms with E-state index < -0.39 is 10.0 Å². The molecule has 2 heterocycles. The molecular formula is C13H20N4O3S. The first-order valence-electron chi connectivity index (χ1n) is 6.79. The number of carbonyl (C=O) groups excluding carboxylic acids is 1. The first-order chi connectivity index (χ1) is 9.74. The van der Waals surface area contributed by atoms with Gasteiger partial charge < -0.3 is 4.90 Å². The van der Waals surface area contributed by atoms with Gasteiger partial charge in [0.05, 0.1) is 12.8 Å². The number of nitrogens with zero attached hydrogens (tertiary/aromatic N) is 3. The number of carbonyl (C=O) groups is 1. The van der Waals surface area contributed by atoms with Crippen molar-refractivity contribution in [3.63, 3.8) is 0 Å². The number of rotatable bonds is 4. The standard InChI is InChI=1S/C13H20N4O3S/c1-9-6-10(2)16-13(15-9)11-4-5-17(8-11)12(18)7-14-21(3,19)20/h6,11,14H,4-5,7-8H2,1-3H3. The molecule has 8 heteroatoms. The van der Waals surface area contributed by atoms with Crippen molar-refractivity contribution < 1.29 is 13.2 Å². The molecule has 116 valence electrons. The number of likely N-dealkylation sites (tertiary alicyclic amines) is 1. The molecule has 1 unspecified atom stereocenters. The summed E-state index contributed by atoms with van der Waals surface area (Å²) in [6, 6.07) is 1.91. The summed E-state index contributed by atoms with van der Waals surface area (Å²) in [6.45, 7) is 4.79. The van der Waals surface area contributed by atoms with Gasteiger partial charge in [0.1, 0.15) is 5.82 Å². The molecule has 2 rings (SSSR count). The zero-order valence-electron chi connectivity index (χ0n) is 12.5. The van der Waals surface area contributed by atoms with Crippen LogP contribution in [0, 0.1) is 13.8 Å². The van der Waals surface area contributed by atoms with Gasteiger partial charge >= 0.3 is 0 Å². The summed E-state index contributed by atoms with van der Waals surface area (Å²) in [7, 11) is -3.35. The Kier molecular flexibility index (Phi) is 4.58. The monoisotopic (exact) mass is 312 g/mol. The zero-order valence-corrected chi connectivity index (χ0v) is 13.3. The van der Waals surface area contributed by atoms with Gasteiger partial charge in [-0.25, -0.2) is 23.1 Å². The molecule has 1 fully saturated rings. The second-order valence-corrected chi connectivity index (χ2v) is 7.26. The summed E-state index contributed by atoms with van der Waals surface area (Å²) in [4.78, 5) is 22.5. The number of nitrogens with one attached hydrogen (secondary N) is 1. The van der Waals surface area contributed by atoms with Crippen LogP contribution in [0.1, 0.15) is 29.6 Å². The summed E-state index contributed by atoms with van der Waals surface area (Å²) >= 11 is 0. The Morgan fingerprint density at radius 2 is 2.00 bits per heavy atom. The summed E-state index contributed by atoms with van der Waals surface area (Å²) < 4.78 is 24.2. The van der Waals surface area contributed by atoms with Gasteiger partial charge in [0, 0.05) is 30.4 Å². The second-order valence-electron chi connectivity index (χ2n) is 5.43. The van der Waals surface area contributed by atoms with Gasteiger partial charge in [-0.1, -0.05) is 0 Å². The van der Waals surface area contributed by atoms with Crippen molar-refractivity contribution >= 4 is 15.9 Å². The molecule has 1 N–H and O–H groups in total. The summed E-state index contributed by atoms with van der Waals surface area (Å²) in [5, 5.41) is 0. The number of aromatic nitrogens is 2. The Bertz CT molecular complexity index is 625. The molecule has 1 aromatic heterocycles. The van der Waals surface area contributed by atoms with Crippen molar-refractivity contribution in [3.8, 4) is 0 Å². The average molecular weight is 312 g/mol. The van der Waals surface area contributed by atoms with Gasteiger partial charge in [0.25, 0.3) is 0 Å². The Morgan fingerprint density at radius 3 is 2.57 bits per heavy atom. The maximum absolute atomic E-state index is 12.0. The van der Waals surface area contributed by atoms with E-state index in [0.717, 1.165) is 29.9 Å². The predicted octanol–water partition coefficient (Wildman–Crippen LogP) is -0.0415. The van der Waals surface area contributed by atoms with Crippen molar-refractivity contribution in [1.29, 1.82) is 0 Å². The highest BCUT2D eigenvalue weighted by Crippen LogP contribution is 2.24. The fraction of sp³-hybridized carbons (Fsp3) is 0.615. The number of aryl methyl sites for hydroxylation is 2. The number of sulfonamides is 1. The van der Waals surface area contributed by atoms with E-state index in [-0.39, 0.29) is 18.4 Å². The topological polar surface area (TPSA) is 92.3 Å². The van der Waals surface area contributed by atoms with Crippen molar-refractivity contribution in [1.82, 2.24) is 19.6 Å². The lowest BCUT2D eigenvalue weighted by molar-refractivity contribution is -0.128. The average Bonchev–Trinajstić information content (AvgIpc) is 2.83. The molecule has 0 aliphatic carbocycles. The summed E-state index contributed by atoms with van der Waals surface area (Å²) in [6.07, 6.45) is 1.84. The van der Waals surface area contributed by atoms with E-state index in [1.54, 1.807) is 4.90 Å². The molecule has 0 bridgehead atoms. The molecule has 1 aliphatic heterocycles. The highest BCUT2D eigenvalue weighted by atomic mass is 32.2. The summed E-state index contributed by atoms with van der Waals surface area (Å²) in [5.74, 6) is 0.664. The fourth-order valence-corrected chi connectivity index (χ4v) is 2.82. The fourth-order valence-electron chi connectivity index (χ4n) is 2.44. The van der Waals surface area contributed by atoms with E-state index in [1.165, 1.54) is 0 Å². The lowest BCUT2D eigenvalue weighted by Gasteiger charge is -2.16. The SMILES string of the molecule is Cc1cc(C)nc(C2CCN(C(=O)CNS(C)(=O)=O)C2)n1. The lowest BCUT2D eigenvalue weighted by Crippen LogP contribution is -2.38. The van der Waals surface area contributed by atoms with Crippen LogP contribution in [0.5, 0.6) is 0 Å². The Balaban J connectivity index is 1.98. The van der Waals surface area contributed by atoms with Crippen LogP contribution in [0.3, 0.4) is 0 Å². The smallest absolute Gasteiger partial charge is 0.237 e. The molecule has 1 atom stereocenters. The Labute approximate surface area is 124 Å². The van der Waals surface area contributed by atoms with Crippen LogP contribution in [0.25, 0.3) is 0 Å². The van der Waals surface area contributed by atoms with Gasteiger partial charge in [-0.15, -0.1) is 0 Å². The van der Waals surface area contributed by atoms with Crippen molar-refractivity contribution in [3.05, 3.63) is 23.3 Å². The molecule has 0 spiro atoms. The highest BCUT2D eigenvalue weighted by molar-refractivity contribution is 7.88. The van der Waals surface area contributed by atoms with Crippen LogP contribution >= 0.6 is 0 Å². The van der Waals surface area contributed by atoms with Gasteiger partial charge in [0.15, 0.2) is 0 Å². The third-order valence-corrected chi connectivity index (χ3v) is 4.06.